The Morgan fingerprint density at radius 2 is 1.36 bits per heavy atom. The van der Waals surface area contributed by atoms with E-state index >= 15 is 0 Å². The molecule has 0 radical (unpaired) electrons. The number of benzene rings is 2. The second-order valence-corrected chi connectivity index (χ2v) is 10.5. The maximum Gasteiger partial charge on any atom is 0.500 e. The zero-order chi connectivity index (χ0) is 24.1. The number of carboxylic acid groups (broad SMARTS) is 1. The quantitative estimate of drug-likeness (QED) is 0.172. The molecule has 0 bridgehead atoms. The van der Waals surface area contributed by atoms with E-state index in [1.165, 1.54) is 6.08 Å². The van der Waals surface area contributed by atoms with Crippen molar-refractivity contribution in [2.24, 2.45) is 0 Å². The highest BCUT2D eigenvalue weighted by Gasteiger charge is 2.36. The van der Waals surface area contributed by atoms with Gasteiger partial charge in [-0.2, -0.15) is 0 Å². The lowest BCUT2D eigenvalue weighted by molar-refractivity contribution is -0.131. The molecule has 33 heavy (non-hydrogen) atoms. The van der Waals surface area contributed by atoms with Crippen LogP contribution in [0, 0.1) is 0 Å². The predicted molar refractivity (Wildman–Crippen MR) is 129 cm³/mol. The van der Waals surface area contributed by atoms with Gasteiger partial charge in [0.25, 0.3) is 0 Å². The summed E-state index contributed by atoms with van der Waals surface area (Å²) in [4.78, 5) is 23.2. The molecule has 1 N–H and O–H groups in total. The van der Waals surface area contributed by atoms with Crippen molar-refractivity contribution in [1.82, 2.24) is 0 Å². The summed E-state index contributed by atoms with van der Waals surface area (Å²) in [7, 11) is 2.42. The van der Waals surface area contributed by atoms with Gasteiger partial charge in [0.2, 0.25) is 0 Å². The highest BCUT2D eigenvalue weighted by molar-refractivity contribution is 6.60. The summed E-state index contributed by atoms with van der Waals surface area (Å²) in [6, 6.07) is 14.7. The monoisotopic (exact) mass is 472 g/mol. The summed E-state index contributed by atoms with van der Waals surface area (Å²) in [6.07, 6.45) is 6.55. The summed E-state index contributed by atoms with van der Waals surface area (Å²) in [5, 5.41) is 8.68. The van der Waals surface area contributed by atoms with Crippen molar-refractivity contribution in [3.8, 4) is 5.75 Å². The Hall–Kier alpha value is -2.78. The molecule has 0 aliphatic carbocycles. The van der Waals surface area contributed by atoms with Crippen LogP contribution in [0.25, 0.3) is 6.08 Å². The molecule has 0 saturated heterocycles. The molecule has 0 aliphatic heterocycles. The van der Waals surface area contributed by atoms with Crippen molar-refractivity contribution >= 4 is 26.6 Å². The normalized spacial score (nSPS) is 11.6. The van der Waals surface area contributed by atoms with Crippen LogP contribution >= 0.6 is 0 Å². The smallest absolute Gasteiger partial charge is 0.494 e. The van der Waals surface area contributed by atoms with Gasteiger partial charge in [-0.1, -0.05) is 37.1 Å². The van der Waals surface area contributed by atoms with Crippen LogP contribution in [0.15, 0.2) is 54.6 Å². The number of hydrogen-bond acceptors (Lipinski definition) is 6. The Labute approximate surface area is 196 Å². The Balaban J connectivity index is 1.74. The average molecular weight is 473 g/mol. The summed E-state index contributed by atoms with van der Waals surface area (Å²) in [5.74, 6) is -0.385. The zero-order valence-electron chi connectivity index (χ0n) is 19.4. The van der Waals surface area contributed by atoms with Crippen molar-refractivity contribution in [3.05, 3.63) is 71.3 Å². The van der Waals surface area contributed by atoms with Gasteiger partial charge in [0.15, 0.2) is 5.78 Å². The van der Waals surface area contributed by atoms with E-state index in [-0.39, 0.29) is 5.78 Å². The van der Waals surface area contributed by atoms with E-state index in [1.54, 1.807) is 69.9 Å². The van der Waals surface area contributed by atoms with Gasteiger partial charge >= 0.3 is 14.8 Å². The number of hydrogen-bond donors (Lipinski definition) is 1. The molecule has 2 rings (SSSR count). The van der Waals surface area contributed by atoms with Crippen molar-refractivity contribution in [3.63, 3.8) is 0 Å². The fourth-order valence-electron chi connectivity index (χ4n) is 3.33. The lowest BCUT2D eigenvalue weighted by Gasteiger charge is -2.24. The molecule has 0 amide bonds. The van der Waals surface area contributed by atoms with Crippen molar-refractivity contribution in [2.75, 3.05) is 27.9 Å². The van der Waals surface area contributed by atoms with Crippen LogP contribution < -0.4 is 4.74 Å². The van der Waals surface area contributed by atoms with Gasteiger partial charge in [0.05, 0.1) is 6.61 Å². The summed E-state index contributed by atoms with van der Waals surface area (Å²) in [6.45, 7) is 0.611. The van der Waals surface area contributed by atoms with Crippen LogP contribution in [-0.2, 0) is 18.1 Å². The Morgan fingerprint density at radius 3 is 1.91 bits per heavy atom. The molecule has 0 saturated carbocycles. The zero-order valence-corrected chi connectivity index (χ0v) is 20.4. The number of unbranched alkanes of at least 4 members (excludes halogenated alkanes) is 3. The van der Waals surface area contributed by atoms with Crippen LogP contribution in [0.3, 0.4) is 0 Å². The van der Waals surface area contributed by atoms with Gasteiger partial charge in [-0.25, -0.2) is 4.79 Å². The van der Waals surface area contributed by atoms with E-state index in [4.69, 9.17) is 23.1 Å². The molecule has 0 atom stereocenters. The van der Waals surface area contributed by atoms with E-state index in [0.717, 1.165) is 49.1 Å². The maximum atomic E-state index is 12.7. The van der Waals surface area contributed by atoms with Crippen LogP contribution in [0.2, 0.25) is 6.04 Å². The molecule has 0 aromatic heterocycles. The first-order valence-corrected chi connectivity index (χ1v) is 12.8. The van der Waals surface area contributed by atoms with Gasteiger partial charge in [-0.3, -0.25) is 4.79 Å². The fraction of sp³-hybridized carbons (Fsp3) is 0.360. The van der Waals surface area contributed by atoms with Crippen LogP contribution in [0.5, 0.6) is 5.75 Å². The number of ketones is 1. The lowest BCUT2D eigenvalue weighted by atomic mass is 10.0. The first-order valence-electron chi connectivity index (χ1n) is 10.9. The minimum absolute atomic E-state index is 0.0990. The standard InChI is InChI=1S/C25H32O7Si/c1-29-33(30-2,31-3)19-7-5-4-6-18-32-23-15-13-22(14-16-23)25(28)21-11-8-20(9-12-21)10-17-24(26)27/h8-17H,4-7,18-19H2,1-3H3,(H,26,27). The number of rotatable bonds is 15. The topological polar surface area (TPSA) is 91.3 Å². The summed E-state index contributed by atoms with van der Waals surface area (Å²) >= 11 is 0. The van der Waals surface area contributed by atoms with Crippen molar-refractivity contribution in [1.29, 1.82) is 0 Å². The fourth-order valence-corrected chi connectivity index (χ4v) is 5.12. The van der Waals surface area contributed by atoms with E-state index in [2.05, 4.69) is 0 Å². The van der Waals surface area contributed by atoms with E-state index in [9.17, 15) is 9.59 Å². The van der Waals surface area contributed by atoms with Crippen molar-refractivity contribution in [2.45, 2.75) is 31.7 Å². The molecule has 0 heterocycles. The van der Waals surface area contributed by atoms with E-state index < -0.39 is 14.8 Å². The van der Waals surface area contributed by atoms with Gasteiger partial charge in [0, 0.05) is 44.6 Å². The highest BCUT2D eigenvalue weighted by atomic mass is 28.4. The number of aliphatic carboxylic acids is 1. The van der Waals surface area contributed by atoms with E-state index in [1.807, 2.05) is 0 Å². The summed E-state index contributed by atoms with van der Waals surface area (Å²) in [5.41, 5.74) is 1.83. The Morgan fingerprint density at radius 1 is 0.818 bits per heavy atom. The third-order valence-corrected chi connectivity index (χ3v) is 8.12. The molecule has 7 nitrogen and oxygen atoms in total. The second-order valence-electron chi connectivity index (χ2n) is 7.46. The predicted octanol–water partition coefficient (Wildman–Crippen LogP) is 4.83. The minimum Gasteiger partial charge on any atom is -0.494 e. The molecular formula is C25H32O7Si. The van der Waals surface area contributed by atoms with Crippen molar-refractivity contribution < 1.29 is 32.7 Å². The van der Waals surface area contributed by atoms with Gasteiger partial charge in [-0.05, 0) is 48.7 Å². The third-order valence-electron chi connectivity index (χ3n) is 5.29. The molecular weight excluding hydrogens is 440 g/mol. The number of ether oxygens (including phenoxy) is 1. The molecule has 178 valence electrons. The first-order chi connectivity index (χ1) is 15.9. The first kappa shape index (κ1) is 26.5. The minimum atomic E-state index is -2.47. The molecule has 2 aromatic rings. The SMILES string of the molecule is CO[Si](CCCCCCOc1ccc(C(=O)c2ccc(C=CC(=O)O)cc2)cc1)(OC)OC. The number of carboxylic acids is 1. The molecule has 0 fully saturated rings. The Bertz CT molecular complexity index is 895. The molecule has 2 aromatic carbocycles. The van der Waals surface area contributed by atoms with E-state index in [0.29, 0.717) is 17.7 Å². The van der Waals surface area contributed by atoms with Gasteiger partial charge in [0.1, 0.15) is 5.75 Å². The van der Waals surface area contributed by atoms with Crippen LogP contribution in [-0.4, -0.2) is 53.6 Å². The number of carbonyl (C=O) groups is 2. The highest BCUT2D eigenvalue weighted by Crippen LogP contribution is 2.19. The van der Waals surface area contributed by atoms with Gasteiger partial charge < -0.3 is 23.1 Å². The largest absolute Gasteiger partial charge is 0.500 e. The number of carbonyl (C=O) groups excluding carboxylic acids is 1. The second kappa shape index (κ2) is 13.7. The molecule has 0 spiro atoms. The van der Waals surface area contributed by atoms with Crippen LogP contribution in [0.4, 0.5) is 0 Å². The lowest BCUT2D eigenvalue weighted by Crippen LogP contribution is -2.42. The molecule has 0 unspecified atom stereocenters. The molecule has 0 aliphatic rings. The van der Waals surface area contributed by atoms with Crippen LogP contribution in [0.1, 0.15) is 47.2 Å². The summed E-state index contributed by atoms with van der Waals surface area (Å²) < 4.78 is 22.1. The van der Waals surface area contributed by atoms with Gasteiger partial charge in [-0.15, -0.1) is 0 Å². The third kappa shape index (κ3) is 8.58. The maximum absolute atomic E-state index is 12.7. The Kier molecular flexibility index (Phi) is 11.0. The average Bonchev–Trinajstić information content (AvgIpc) is 2.85. The molecule has 8 heteroatoms.